The van der Waals surface area contributed by atoms with E-state index in [1.807, 2.05) is 24.3 Å². The number of aromatic nitrogens is 3. The van der Waals surface area contributed by atoms with E-state index in [0.29, 0.717) is 0 Å². The average molecular weight is 259 g/mol. The summed E-state index contributed by atoms with van der Waals surface area (Å²) >= 11 is 1.29. The molecule has 2 heterocycles. The lowest BCUT2D eigenvalue weighted by molar-refractivity contribution is 0.0996. The second-order valence-corrected chi connectivity index (χ2v) is 4.50. The van der Waals surface area contributed by atoms with Gasteiger partial charge in [0, 0.05) is 5.39 Å². The van der Waals surface area contributed by atoms with E-state index < -0.39 is 5.91 Å². The highest BCUT2D eigenvalue weighted by atomic mass is 32.1. The molecule has 3 aromatic rings. The summed E-state index contributed by atoms with van der Waals surface area (Å²) in [5.41, 5.74) is 12.1. The number of hydrogen-bond donors (Lipinski definition) is 2. The quantitative estimate of drug-likeness (QED) is 0.721. The van der Waals surface area contributed by atoms with E-state index in [0.717, 1.165) is 15.9 Å². The number of amides is 1. The van der Waals surface area contributed by atoms with Crippen LogP contribution in [0.4, 0.5) is 5.69 Å². The summed E-state index contributed by atoms with van der Waals surface area (Å²) in [6.45, 7) is 0. The van der Waals surface area contributed by atoms with Gasteiger partial charge in [-0.2, -0.15) is 9.47 Å². The molecule has 0 aliphatic rings. The molecule has 3 rings (SSSR count). The van der Waals surface area contributed by atoms with Crippen LogP contribution < -0.4 is 11.5 Å². The molecule has 0 radical (unpaired) electrons. The number of primary amides is 1. The number of carbonyl (C=O) groups is 1. The average Bonchev–Trinajstić information content (AvgIpc) is 2.92. The van der Waals surface area contributed by atoms with Crippen molar-refractivity contribution in [2.24, 2.45) is 5.73 Å². The van der Waals surface area contributed by atoms with E-state index in [-0.39, 0.29) is 11.4 Å². The van der Waals surface area contributed by atoms with Crippen LogP contribution in [0.5, 0.6) is 0 Å². The minimum atomic E-state index is -0.639. The van der Waals surface area contributed by atoms with E-state index in [1.165, 1.54) is 16.2 Å². The Kier molecular flexibility index (Phi) is 2.27. The lowest BCUT2D eigenvalue weighted by Gasteiger charge is -1.96. The van der Waals surface area contributed by atoms with Crippen LogP contribution in [0.15, 0.2) is 30.5 Å². The topological polar surface area (TPSA) is 99.8 Å². The summed E-state index contributed by atoms with van der Waals surface area (Å²) in [4.78, 5) is 11.1. The van der Waals surface area contributed by atoms with Crippen LogP contribution in [0.3, 0.4) is 0 Å². The van der Waals surface area contributed by atoms with Gasteiger partial charge in [-0.15, -0.1) is 0 Å². The SMILES string of the molecule is NC(=O)c1nn(-c2snc3ccccc23)cc1N. The minimum absolute atomic E-state index is 0.0764. The van der Waals surface area contributed by atoms with Crippen LogP contribution in [-0.2, 0) is 0 Å². The van der Waals surface area contributed by atoms with Crippen LogP contribution in [0.1, 0.15) is 10.5 Å². The number of rotatable bonds is 2. The highest BCUT2D eigenvalue weighted by Gasteiger charge is 2.15. The Balaban J connectivity index is 2.20. The zero-order valence-electron chi connectivity index (χ0n) is 9.20. The monoisotopic (exact) mass is 259 g/mol. The predicted molar refractivity (Wildman–Crippen MR) is 69.7 cm³/mol. The van der Waals surface area contributed by atoms with E-state index in [1.54, 1.807) is 6.20 Å². The van der Waals surface area contributed by atoms with Gasteiger partial charge in [-0.3, -0.25) is 4.79 Å². The molecule has 0 bridgehead atoms. The maximum absolute atomic E-state index is 11.1. The van der Waals surface area contributed by atoms with Crippen molar-refractivity contribution in [3.05, 3.63) is 36.2 Å². The fourth-order valence-corrected chi connectivity index (χ4v) is 2.52. The molecular formula is C11H9N5OS. The molecule has 0 aliphatic heterocycles. The highest BCUT2D eigenvalue weighted by Crippen LogP contribution is 2.26. The number of anilines is 1. The Morgan fingerprint density at radius 3 is 2.83 bits per heavy atom. The molecule has 6 nitrogen and oxygen atoms in total. The van der Waals surface area contributed by atoms with Crippen molar-refractivity contribution in [1.82, 2.24) is 14.2 Å². The maximum atomic E-state index is 11.1. The Bertz CT molecular complexity index is 745. The van der Waals surface area contributed by atoms with Crippen LogP contribution >= 0.6 is 11.5 Å². The number of hydrogen-bond acceptors (Lipinski definition) is 5. The van der Waals surface area contributed by atoms with Crippen molar-refractivity contribution >= 4 is 34.0 Å². The maximum Gasteiger partial charge on any atom is 0.271 e. The number of nitrogens with zero attached hydrogens (tertiary/aromatic N) is 3. The van der Waals surface area contributed by atoms with Crippen molar-refractivity contribution < 1.29 is 4.79 Å². The van der Waals surface area contributed by atoms with E-state index in [4.69, 9.17) is 11.5 Å². The summed E-state index contributed by atoms with van der Waals surface area (Å²) in [7, 11) is 0. The first-order valence-corrected chi connectivity index (χ1v) is 5.94. The summed E-state index contributed by atoms with van der Waals surface area (Å²) in [5.74, 6) is -0.639. The van der Waals surface area contributed by atoms with E-state index in [2.05, 4.69) is 9.47 Å². The Morgan fingerprint density at radius 1 is 1.33 bits per heavy atom. The Morgan fingerprint density at radius 2 is 2.11 bits per heavy atom. The minimum Gasteiger partial charge on any atom is -0.396 e. The van der Waals surface area contributed by atoms with Crippen LogP contribution in [-0.4, -0.2) is 20.1 Å². The first kappa shape index (κ1) is 10.7. The second kappa shape index (κ2) is 3.81. The van der Waals surface area contributed by atoms with Crippen LogP contribution in [0, 0.1) is 0 Å². The molecular weight excluding hydrogens is 250 g/mol. The van der Waals surface area contributed by atoms with Crippen LogP contribution in [0.2, 0.25) is 0 Å². The highest BCUT2D eigenvalue weighted by molar-refractivity contribution is 7.10. The van der Waals surface area contributed by atoms with Gasteiger partial charge in [0.1, 0.15) is 5.00 Å². The molecule has 1 amide bonds. The van der Waals surface area contributed by atoms with Gasteiger partial charge in [-0.25, -0.2) is 4.68 Å². The van der Waals surface area contributed by atoms with Crippen molar-refractivity contribution in [3.8, 4) is 5.00 Å². The van der Waals surface area contributed by atoms with Gasteiger partial charge in [-0.05, 0) is 23.7 Å². The van der Waals surface area contributed by atoms with Gasteiger partial charge >= 0.3 is 0 Å². The molecule has 4 N–H and O–H groups in total. The molecule has 0 spiro atoms. The smallest absolute Gasteiger partial charge is 0.271 e. The third-order valence-corrected chi connectivity index (χ3v) is 3.42. The first-order valence-electron chi connectivity index (χ1n) is 5.16. The van der Waals surface area contributed by atoms with Gasteiger partial charge in [-0.1, -0.05) is 12.1 Å². The van der Waals surface area contributed by atoms with E-state index in [9.17, 15) is 4.79 Å². The van der Waals surface area contributed by atoms with Gasteiger partial charge < -0.3 is 11.5 Å². The number of fused-ring (bicyclic) bond motifs is 1. The Labute approximate surface area is 106 Å². The number of nitrogens with two attached hydrogens (primary N) is 2. The van der Waals surface area contributed by atoms with Gasteiger partial charge in [0.25, 0.3) is 5.91 Å². The third-order valence-electron chi connectivity index (χ3n) is 2.55. The summed E-state index contributed by atoms with van der Waals surface area (Å²) in [6.07, 6.45) is 1.57. The summed E-state index contributed by atoms with van der Waals surface area (Å²) < 4.78 is 5.84. The summed E-state index contributed by atoms with van der Waals surface area (Å²) in [6, 6.07) is 7.69. The fourth-order valence-electron chi connectivity index (χ4n) is 1.72. The third kappa shape index (κ3) is 1.52. The predicted octanol–water partition coefficient (Wildman–Crippen LogP) is 1.16. The Hall–Kier alpha value is -2.41. The number of benzene rings is 1. The van der Waals surface area contributed by atoms with Gasteiger partial charge in [0.05, 0.1) is 17.4 Å². The first-order chi connectivity index (χ1) is 8.66. The van der Waals surface area contributed by atoms with Crippen molar-refractivity contribution in [1.29, 1.82) is 0 Å². The van der Waals surface area contributed by atoms with Crippen molar-refractivity contribution in [2.45, 2.75) is 0 Å². The van der Waals surface area contributed by atoms with Gasteiger partial charge in [0.2, 0.25) is 0 Å². The number of nitrogen functional groups attached to an aromatic ring is 1. The van der Waals surface area contributed by atoms with Gasteiger partial charge in [0.15, 0.2) is 5.69 Å². The molecule has 1 aromatic carbocycles. The molecule has 0 unspecified atom stereocenters. The van der Waals surface area contributed by atoms with Crippen LogP contribution in [0.25, 0.3) is 15.9 Å². The van der Waals surface area contributed by atoms with Crippen molar-refractivity contribution in [3.63, 3.8) is 0 Å². The lowest BCUT2D eigenvalue weighted by atomic mass is 10.2. The molecule has 0 fully saturated rings. The molecule has 18 heavy (non-hydrogen) atoms. The molecule has 2 aromatic heterocycles. The number of carbonyl (C=O) groups excluding carboxylic acids is 1. The zero-order valence-corrected chi connectivity index (χ0v) is 10.0. The molecule has 7 heteroatoms. The standard InChI is InChI=1S/C11H9N5OS/c12-7-5-16(14-9(7)10(13)17)11-6-3-1-2-4-8(6)15-18-11/h1-5H,12H2,(H2,13,17). The molecule has 90 valence electrons. The molecule has 0 saturated carbocycles. The second-order valence-electron chi connectivity index (χ2n) is 3.75. The molecule has 0 atom stereocenters. The molecule has 0 saturated heterocycles. The van der Waals surface area contributed by atoms with E-state index >= 15 is 0 Å². The largest absolute Gasteiger partial charge is 0.396 e. The lowest BCUT2D eigenvalue weighted by Crippen LogP contribution is -2.13. The summed E-state index contributed by atoms with van der Waals surface area (Å²) in [5, 5.41) is 5.86. The molecule has 0 aliphatic carbocycles. The zero-order chi connectivity index (χ0) is 12.7. The van der Waals surface area contributed by atoms with Crippen molar-refractivity contribution in [2.75, 3.05) is 5.73 Å². The fraction of sp³-hybridized carbons (Fsp3) is 0. The normalized spacial score (nSPS) is 10.9.